The van der Waals surface area contributed by atoms with E-state index in [1.165, 1.54) is 0 Å². The maximum atomic E-state index is 11.2. The van der Waals surface area contributed by atoms with Crippen LogP contribution >= 0.6 is 0 Å². The fraction of sp³-hybridized carbons (Fsp3) is 0.875. The third kappa shape index (κ3) is 1.71. The summed E-state index contributed by atoms with van der Waals surface area (Å²) in [6.07, 6.45) is 2.81. The van der Waals surface area contributed by atoms with E-state index in [0.29, 0.717) is 12.6 Å². The van der Waals surface area contributed by atoms with Gasteiger partial charge in [0, 0.05) is 25.6 Å². The minimum Gasteiger partial charge on any atom is -0.338 e. The summed E-state index contributed by atoms with van der Waals surface area (Å²) in [5.41, 5.74) is 5.39. The van der Waals surface area contributed by atoms with Gasteiger partial charge in [-0.05, 0) is 12.8 Å². The van der Waals surface area contributed by atoms with E-state index in [-0.39, 0.29) is 5.91 Å². The minimum atomic E-state index is 0.280. The standard InChI is InChI=1S/C8H16N2O/c1-2-7-3-4-8(11)10(7)6-5-9/h7H,2-6,9H2,1H3. The Morgan fingerprint density at radius 2 is 2.45 bits per heavy atom. The average Bonchev–Trinajstić information content (AvgIpc) is 2.34. The molecule has 0 aromatic rings. The highest BCUT2D eigenvalue weighted by Crippen LogP contribution is 2.19. The molecule has 11 heavy (non-hydrogen) atoms. The third-order valence-electron chi connectivity index (χ3n) is 2.29. The molecule has 3 nitrogen and oxygen atoms in total. The molecule has 1 aliphatic rings. The zero-order valence-corrected chi connectivity index (χ0v) is 7.05. The maximum Gasteiger partial charge on any atom is 0.222 e. The largest absolute Gasteiger partial charge is 0.338 e. The number of rotatable bonds is 3. The highest BCUT2D eigenvalue weighted by Gasteiger charge is 2.28. The number of amides is 1. The van der Waals surface area contributed by atoms with E-state index in [9.17, 15) is 4.79 Å². The molecule has 1 saturated heterocycles. The molecular weight excluding hydrogens is 140 g/mol. The number of carbonyl (C=O) groups is 1. The van der Waals surface area contributed by atoms with Crippen LogP contribution in [0.25, 0.3) is 0 Å². The van der Waals surface area contributed by atoms with Crippen molar-refractivity contribution >= 4 is 5.91 Å². The lowest BCUT2D eigenvalue weighted by atomic mass is 10.2. The molecular formula is C8H16N2O. The Balaban J connectivity index is 2.49. The number of nitrogens with two attached hydrogens (primary N) is 1. The molecule has 0 saturated carbocycles. The fourth-order valence-corrected chi connectivity index (χ4v) is 1.66. The van der Waals surface area contributed by atoms with Gasteiger partial charge in [-0.3, -0.25) is 4.79 Å². The van der Waals surface area contributed by atoms with E-state index in [4.69, 9.17) is 5.73 Å². The van der Waals surface area contributed by atoms with E-state index in [1.807, 2.05) is 4.90 Å². The number of carbonyl (C=O) groups excluding carboxylic acids is 1. The quantitative estimate of drug-likeness (QED) is 0.640. The monoisotopic (exact) mass is 156 g/mol. The first-order valence-electron chi connectivity index (χ1n) is 4.29. The van der Waals surface area contributed by atoms with Crippen molar-refractivity contribution in [1.29, 1.82) is 0 Å². The third-order valence-corrected chi connectivity index (χ3v) is 2.29. The zero-order valence-electron chi connectivity index (χ0n) is 7.05. The van der Waals surface area contributed by atoms with Crippen LogP contribution in [0.3, 0.4) is 0 Å². The first-order chi connectivity index (χ1) is 5.29. The van der Waals surface area contributed by atoms with Gasteiger partial charge in [0.05, 0.1) is 0 Å². The lowest BCUT2D eigenvalue weighted by molar-refractivity contribution is -0.128. The van der Waals surface area contributed by atoms with Gasteiger partial charge in [-0.1, -0.05) is 6.92 Å². The molecule has 0 aromatic carbocycles. The van der Waals surface area contributed by atoms with E-state index in [2.05, 4.69) is 6.92 Å². The van der Waals surface area contributed by atoms with E-state index in [0.717, 1.165) is 25.8 Å². The molecule has 0 radical (unpaired) electrons. The summed E-state index contributed by atoms with van der Waals surface area (Å²) in [4.78, 5) is 13.1. The lowest BCUT2D eigenvalue weighted by Crippen LogP contribution is -2.36. The summed E-state index contributed by atoms with van der Waals surface area (Å²) in [5, 5.41) is 0. The van der Waals surface area contributed by atoms with Crippen LogP contribution < -0.4 is 5.73 Å². The molecule has 0 spiro atoms. The second kappa shape index (κ2) is 3.72. The lowest BCUT2D eigenvalue weighted by Gasteiger charge is -2.22. The predicted molar refractivity (Wildman–Crippen MR) is 44.1 cm³/mol. The van der Waals surface area contributed by atoms with E-state index < -0.39 is 0 Å². The van der Waals surface area contributed by atoms with Crippen LogP contribution in [0.4, 0.5) is 0 Å². The van der Waals surface area contributed by atoms with Gasteiger partial charge in [-0.25, -0.2) is 0 Å². The van der Waals surface area contributed by atoms with Crippen molar-refractivity contribution in [2.75, 3.05) is 13.1 Å². The van der Waals surface area contributed by atoms with Crippen molar-refractivity contribution in [2.24, 2.45) is 5.73 Å². The van der Waals surface area contributed by atoms with Crippen molar-refractivity contribution in [1.82, 2.24) is 4.90 Å². The summed E-state index contributed by atoms with van der Waals surface area (Å²) in [6.45, 7) is 3.44. The van der Waals surface area contributed by atoms with Gasteiger partial charge in [-0.15, -0.1) is 0 Å². The molecule has 1 aliphatic heterocycles. The van der Waals surface area contributed by atoms with Crippen LogP contribution in [0.5, 0.6) is 0 Å². The Hall–Kier alpha value is -0.570. The molecule has 0 bridgehead atoms. The van der Waals surface area contributed by atoms with Gasteiger partial charge in [0.1, 0.15) is 0 Å². The Morgan fingerprint density at radius 1 is 1.73 bits per heavy atom. The van der Waals surface area contributed by atoms with E-state index >= 15 is 0 Å². The minimum absolute atomic E-state index is 0.280. The van der Waals surface area contributed by atoms with Gasteiger partial charge < -0.3 is 10.6 Å². The molecule has 0 aromatic heterocycles. The van der Waals surface area contributed by atoms with Gasteiger partial charge in [0.2, 0.25) is 5.91 Å². The topological polar surface area (TPSA) is 46.3 Å². The van der Waals surface area contributed by atoms with E-state index in [1.54, 1.807) is 0 Å². The van der Waals surface area contributed by atoms with Crippen LogP contribution in [0.2, 0.25) is 0 Å². The molecule has 2 N–H and O–H groups in total. The van der Waals surface area contributed by atoms with Crippen LogP contribution in [0.1, 0.15) is 26.2 Å². The number of nitrogens with zero attached hydrogens (tertiary/aromatic N) is 1. The van der Waals surface area contributed by atoms with Crippen LogP contribution in [-0.4, -0.2) is 29.9 Å². The molecule has 1 atom stereocenters. The molecule has 1 rings (SSSR count). The van der Waals surface area contributed by atoms with Gasteiger partial charge in [-0.2, -0.15) is 0 Å². The Morgan fingerprint density at radius 3 is 3.00 bits per heavy atom. The summed E-state index contributed by atoms with van der Waals surface area (Å²) >= 11 is 0. The smallest absolute Gasteiger partial charge is 0.222 e. The molecule has 64 valence electrons. The van der Waals surface area contributed by atoms with Gasteiger partial charge in [0.15, 0.2) is 0 Å². The van der Waals surface area contributed by atoms with Gasteiger partial charge in [0.25, 0.3) is 0 Å². The molecule has 1 heterocycles. The molecule has 0 aliphatic carbocycles. The number of likely N-dealkylation sites (tertiary alicyclic amines) is 1. The molecule has 1 fully saturated rings. The Kier molecular flexibility index (Phi) is 2.88. The SMILES string of the molecule is CCC1CCC(=O)N1CCN. The predicted octanol–water partition coefficient (Wildman–Crippen LogP) is 0.346. The highest BCUT2D eigenvalue weighted by atomic mass is 16.2. The summed E-state index contributed by atoms with van der Waals surface area (Å²) in [6, 6.07) is 0.464. The second-order valence-corrected chi connectivity index (χ2v) is 2.98. The van der Waals surface area contributed by atoms with Crippen LogP contribution in [0, 0.1) is 0 Å². The average molecular weight is 156 g/mol. The highest BCUT2D eigenvalue weighted by molar-refractivity contribution is 5.78. The van der Waals surface area contributed by atoms with Crippen molar-refractivity contribution < 1.29 is 4.79 Å². The van der Waals surface area contributed by atoms with Gasteiger partial charge >= 0.3 is 0 Å². The Labute approximate surface area is 67.5 Å². The first-order valence-corrected chi connectivity index (χ1v) is 4.29. The Bertz CT molecular complexity index is 147. The molecule has 1 unspecified atom stereocenters. The number of hydrogen-bond donors (Lipinski definition) is 1. The second-order valence-electron chi connectivity index (χ2n) is 2.98. The van der Waals surface area contributed by atoms with Crippen molar-refractivity contribution in [3.05, 3.63) is 0 Å². The fourth-order valence-electron chi connectivity index (χ4n) is 1.66. The van der Waals surface area contributed by atoms with Crippen LogP contribution in [0.15, 0.2) is 0 Å². The summed E-state index contributed by atoms with van der Waals surface area (Å²) in [7, 11) is 0. The van der Waals surface area contributed by atoms with Crippen molar-refractivity contribution in [2.45, 2.75) is 32.2 Å². The zero-order chi connectivity index (χ0) is 8.27. The first kappa shape index (κ1) is 8.53. The normalized spacial score (nSPS) is 24.7. The molecule has 1 amide bonds. The summed E-state index contributed by atoms with van der Waals surface area (Å²) in [5.74, 6) is 0.280. The van der Waals surface area contributed by atoms with Crippen LogP contribution in [-0.2, 0) is 4.79 Å². The maximum absolute atomic E-state index is 11.2. The van der Waals surface area contributed by atoms with Crippen molar-refractivity contribution in [3.8, 4) is 0 Å². The molecule has 3 heteroatoms. The summed E-state index contributed by atoms with van der Waals surface area (Å²) < 4.78 is 0. The van der Waals surface area contributed by atoms with Crippen molar-refractivity contribution in [3.63, 3.8) is 0 Å². The number of hydrogen-bond acceptors (Lipinski definition) is 2.